The second-order valence-electron chi connectivity index (χ2n) is 6.38. The normalized spacial score (nSPS) is 11.9. The highest BCUT2D eigenvalue weighted by Gasteiger charge is 2.16. The first kappa shape index (κ1) is 17.0. The quantitative estimate of drug-likeness (QED) is 0.429. The van der Waals surface area contributed by atoms with Gasteiger partial charge in [-0.25, -0.2) is 0 Å². The number of carbonyl (C=O) groups excluding carboxylic acids is 1. The summed E-state index contributed by atoms with van der Waals surface area (Å²) in [6.45, 7) is 6.34. The summed E-state index contributed by atoms with van der Waals surface area (Å²) in [5.74, 6) is -0.284. The van der Waals surface area contributed by atoms with Crippen molar-refractivity contribution in [3.8, 4) is 6.07 Å². The van der Waals surface area contributed by atoms with Crippen LogP contribution in [0.3, 0.4) is 0 Å². The molecule has 2 rings (SSSR count). The SMILES string of the molecule is CC(C)(C)c1ccc(C(=O)/C(C#N)=C/c2cccc(Cl)c2)cc1. The van der Waals surface area contributed by atoms with Crippen LogP contribution >= 0.6 is 11.6 Å². The fraction of sp³-hybridized carbons (Fsp3) is 0.200. The maximum absolute atomic E-state index is 12.5. The average molecular weight is 324 g/mol. The van der Waals surface area contributed by atoms with Crippen molar-refractivity contribution in [2.45, 2.75) is 26.2 Å². The minimum atomic E-state index is -0.284. The highest BCUT2D eigenvalue weighted by atomic mass is 35.5. The lowest BCUT2D eigenvalue weighted by Crippen LogP contribution is -2.11. The molecule has 0 radical (unpaired) electrons. The molecule has 0 saturated carbocycles. The number of benzene rings is 2. The van der Waals surface area contributed by atoms with Crippen LogP contribution < -0.4 is 0 Å². The molecule has 0 amide bonds. The van der Waals surface area contributed by atoms with Crippen LogP contribution in [0.15, 0.2) is 54.1 Å². The van der Waals surface area contributed by atoms with Gasteiger partial charge < -0.3 is 0 Å². The van der Waals surface area contributed by atoms with Gasteiger partial charge >= 0.3 is 0 Å². The molecule has 0 spiro atoms. The van der Waals surface area contributed by atoms with Crippen LogP contribution in [0, 0.1) is 11.3 Å². The van der Waals surface area contributed by atoms with Gasteiger partial charge in [0, 0.05) is 10.6 Å². The van der Waals surface area contributed by atoms with Crippen molar-refractivity contribution in [3.05, 3.63) is 75.8 Å². The van der Waals surface area contributed by atoms with Gasteiger partial charge in [0.05, 0.1) is 0 Å². The van der Waals surface area contributed by atoms with E-state index in [0.29, 0.717) is 10.6 Å². The Balaban J connectivity index is 2.32. The summed E-state index contributed by atoms with van der Waals surface area (Å²) < 4.78 is 0. The van der Waals surface area contributed by atoms with Crippen molar-refractivity contribution in [2.24, 2.45) is 0 Å². The van der Waals surface area contributed by atoms with Crippen molar-refractivity contribution in [1.29, 1.82) is 5.26 Å². The molecule has 0 N–H and O–H groups in total. The van der Waals surface area contributed by atoms with Crippen LogP contribution in [0.1, 0.15) is 42.3 Å². The molecule has 2 aromatic carbocycles. The third-order valence-corrected chi connectivity index (χ3v) is 3.77. The Bertz CT molecular complexity index is 790. The molecule has 3 heteroatoms. The highest BCUT2D eigenvalue weighted by Crippen LogP contribution is 2.23. The van der Waals surface area contributed by atoms with Crippen LogP contribution in [0.2, 0.25) is 5.02 Å². The van der Waals surface area contributed by atoms with Crippen molar-refractivity contribution in [1.82, 2.24) is 0 Å². The zero-order valence-electron chi connectivity index (χ0n) is 13.4. The number of hydrogen-bond donors (Lipinski definition) is 0. The summed E-state index contributed by atoms with van der Waals surface area (Å²) >= 11 is 5.93. The Labute approximate surface area is 142 Å². The predicted molar refractivity (Wildman–Crippen MR) is 94.5 cm³/mol. The van der Waals surface area contributed by atoms with Gasteiger partial charge in [0.1, 0.15) is 11.6 Å². The molecule has 23 heavy (non-hydrogen) atoms. The van der Waals surface area contributed by atoms with Gasteiger partial charge in [-0.2, -0.15) is 5.26 Å². The standard InChI is InChI=1S/C20H18ClNO/c1-20(2,3)17-9-7-15(8-10-17)19(23)16(13-22)11-14-5-4-6-18(21)12-14/h4-12H,1-3H3/b16-11+. The number of Topliss-reactive ketones (excluding diaryl/α,β-unsaturated/α-hetero) is 1. The van der Waals surface area contributed by atoms with E-state index in [9.17, 15) is 10.1 Å². The van der Waals surface area contributed by atoms with Gasteiger partial charge in [0.25, 0.3) is 0 Å². The third kappa shape index (κ3) is 4.31. The number of nitrogens with zero attached hydrogens (tertiary/aromatic N) is 1. The number of hydrogen-bond acceptors (Lipinski definition) is 2. The Morgan fingerprint density at radius 3 is 2.30 bits per heavy atom. The van der Waals surface area contributed by atoms with Crippen LogP contribution in [-0.2, 0) is 5.41 Å². The third-order valence-electron chi connectivity index (χ3n) is 3.54. The molecule has 0 bridgehead atoms. The molecule has 0 aliphatic heterocycles. The average Bonchev–Trinajstić information content (AvgIpc) is 2.51. The molecule has 2 nitrogen and oxygen atoms in total. The van der Waals surface area contributed by atoms with Gasteiger partial charge in [-0.05, 0) is 34.8 Å². The monoisotopic (exact) mass is 323 g/mol. The van der Waals surface area contributed by atoms with Crippen molar-refractivity contribution in [2.75, 3.05) is 0 Å². The fourth-order valence-corrected chi connectivity index (χ4v) is 2.39. The molecule has 0 saturated heterocycles. The predicted octanol–water partition coefficient (Wildman–Crippen LogP) is 5.43. The number of rotatable bonds is 3. The zero-order chi connectivity index (χ0) is 17.0. The molecule has 0 fully saturated rings. The topological polar surface area (TPSA) is 40.9 Å². The number of halogens is 1. The number of nitriles is 1. The second kappa shape index (κ2) is 6.81. The highest BCUT2D eigenvalue weighted by molar-refractivity contribution is 6.30. The maximum atomic E-state index is 12.5. The molecular formula is C20H18ClNO. The second-order valence-corrected chi connectivity index (χ2v) is 6.82. The Hall–Kier alpha value is -2.37. The summed E-state index contributed by atoms with van der Waals surface area (Å²) in [6.07, 6.45) is 1.56. The summed E-state index contributed by atoms with van der Waals surface area (Å²) in [6, 6.07) is 16.4. The van der Waals surface area contributed by atoms with E-state index < -0.39 is 0 Å². The number of ketones is 1. The van der Waals surface area contributed by atoms with Crippen LogP contribution in [0.25, 0.3) is 6.08 Å². The van der Waals surface area contributed by atoms with Crippen LogP contribution in [-0.4, -0.2) is 5.78 Å². The first-order valence-corrected chi connectivity index (χ1v) is 7.71. The molecule has 0 heterocycles. The molecule has 116 valence electrons. The van der Waals surface area contributed by atoms with Crippen molar-refractivity contribution >= 4 is 23.5 Å². The molecule has 0 aromatic heterocycles. The number of carbonyl (C=O) groups is 1. The van der Waals surface area contributed by atoms with E-state index in [1.807, 2.05) is 18.2 Å². The van der Waals surface area contributed by atoms with Crippen LogP contribution in [0.5, 0.6) is 0 Å². The number of allylic oxidation sites excluding steroid dienone is 1. The summed E-state index contributed by atoms with van der Waals surface area (Å²) in [5, 5.41) is 9.87. The minimum Gasteiger partial charge on any atom is -0.288 e. The van der Waals surface area contributed by atoms with Gasteiger partial charge in [0.15, 0.2) is 0 Å². The summed E-state index contributed by atoms with van der Waals surface area (Å²) in [4.78, 5) is 12.5. The molecule has 0 aliphatic carbocycles. The lowest BCUT2D eigenvalue weighted by Gasteiger charge is -2.18. The zero-order valence-corrected chi connectivity index (χ0v) is 14.2. The van der Waals surface area contributed by atoms with Gasteiger partial charge in [-0.15, -0.1) is 0 Å². The largest absolute Gasteiger partial charge is 0.288 e. The lowest BCUT2D eigenvalue weighted by molar-refractivity contribution is 0.104. The smallest absolute Gasteiger partial charge is 0.203 e. The Morgan fingerprint density at radius 1 is 1.13 bits per heavy atom. The van der Waals surface area contributed by atoms with Crippen molar-refractivity contribution < 1.29 is 4.79 Å². The van der Waals surface area contributed by atoms with E-state index in [2.05, 4.69) is 20.8 Å². The van der Waals surface area contributed by atoms with E-state index in [1.165, 1.54) is 0 Å². The van der Waals surface area contributed by atoms with Gasteiger partial charge in [-0.1, -0.05) is 68.8 Å². The summed E-state index contributed by atoms with van der Waals surface area (Å²) in [7, 11) is 0. The minimum absolute atomic E-state index is 0.0241. The van der Waals surface area contributed by atoms with E-state index in [-0.39, 0.29) is 16.8 Å². The fourth-order valence-electron chi connectivity index (χ4n) is 2.19. The van der Waals surface area contributed by atoms with Crippen molar-refractivity contribution in [3.63, 3.8) is 0 Å². The van der Waals surface area contributed by atoms with Gasteiger partial charge in [-0.3, -0.25) is 4.79 Å². The molecule has 0 unspecified atom stereocenters. The van der Waals surface area contributed by atoms with Gasteiger partial charge in [0.2, 0.25) is 5.78 Å². The van der Waals surface area contributed by atoms with E-state index in [0.717, 1.165) is 11.1 Å². The Morgan fingerprint density at radius 2 is 1.78 bits per heavy atom. The first-order chi connectivity index (χ1) is 10.8. The first-order valence-electron chi connectivity index (χ1n) is 7.34. The molecular weight excluding hydrogens is 306 g/mol. The van der Waals surface area contributed by atoms with E-state index >= 15 is 0 Å². The molecule has 2 aromatic rings. The van der Waals surface area contributed by atoms with Crippen LogP contribution in [0.4, 0.5) is 0 Å². The molecule has 0 atom stereocenters. The summed E-state index contributed by atoms with van der Waals surface area (Å²) in [5.41, 5.74) is 2.50. The van der Waals surface area contributed by atoms with E-state index in [1.54, 1.807) is 42.5 Å². The lowest BCUT2D eigenvalue weighted by atomic mass is 9.86. The van der Waals surface area contributed by atoms with E-state index in [4.69, 9.17) is 11.6 Å². The Kier molecular flexibility index (Phi) is 5.03. The maximum Gasteiger partial charge on any atom is 0.203 e. The molecule has 0 aliphatic rings.